The zero-order valence-electron chi connectivity index (χ0n) is 9.86. The van der Waals surface area contributed by atoms with E-state index in [0.29, 0.717) is 6.54 Å². The first-order chi connectivity index (χ1) is 8.13. The Morgan fingerprint density at radius 1 is 1.06 bits per heavy atom. The van der Waals surface area contributed by atoms with Gasteiger partial charge in [-0.3, -0.25) is 0 Å². The van der Waals surface area contributed by atoms with Gasteiger partial charge in [-0.25, -0.2) is 0 Å². The van der Waals surface area contributed by atoms with E-state index in [-0.39, 0.29) is 0 Å². The number of nitrogens with two attached hydrogens (primary N) is 2. The van der Waals surface area contributed by atoms with Crippen LogP contribution in [0.1, 0.15) is 11.1 Å². The lowest BCUT2D eigenvalue weighted by Crippen LogP contribution is -1.94. The minimum absolute atomic E-state index is 0.640. The van der Waals surface area contributed by atoms with Gasteiger partial charge < -0.3 is 11.5 Å². The highest BCUT2D eigenvalue weighted by molar-refractivity contribution is 6.31. The van der Waals surface area contributed by atoms with E-state index in [1.807, 2.05) is 43.3 Å². The molecule has 0 spiro atoms. The summed E-state index contributed by atoms with van der Waals surface area (Å²) in [6.07, 6.45) is 0. The zero-order chi connectivity index (χ0) is 12.7. The summed E-state index contributed by atoms with van der Waals surface area (Å²) in [5.41, 5.74) is 13.8. The first-order valence-electron chi connectivity index (χ1n) is 5.39. The van der Waals surface area contributed by atoms with Crippen LogP contribution < -0.4 is 11.5 Å². The molecule has 0 atom stereocenters. The van der Waals surface area contributed by atoms with Crippen molar-refractivity contribution in [3.8, 4) is 0 Å². The standard InChI is InChI=1S/C7H8ClN.C7H9N/c1-5-4-6(9)2-3-7(5)8;8-6-7-4-2-1-3-5-7/h2-4H,9H2,1H3;1-5H,6,8H2. The summed E-state index contributed by atoms with van der Waals surface area (Å²) in [5.74, 6) is 0. The van der Waals surface area contributed by atoms with Crippen LogP contribution in [-0.4, -0.2) is 0 Å². The number of nitrogen functional groups attached to an aromatic ring is 1. The number of hydrogen-bond donors (Lipinski definition) is 2. The van der Waals surface area contributed by atoms with Crippen molar-refractivity contribution in [3.63, 3.8) is 0 Å². The molecule has 2 nitrogen and oxygen atoms in total. The number of aryl methyl sites for hydroxylation is 1. The van der Waals surface area contributed by atoms with E-state index in [4.69, 9.17) is 23.1 Å². The highest BCUT2D eigenvalue weighted by atomic mass is 35.5. The lowest BCUT2D eigenvalue weighted by Gasteiger charge is -1.96. The molecule has 0 aliphatic carbocycles. The SMILES string of the molecule is Cc1cc(N)ccc1Cl.NCc1ccccc1. The van der Waals surface area contributed by atoms with Crippen LogP contribution in [-0.2, 0) is 6.54 Å². The third-order valence-electron chi connectivity index (χ3n) is 2.26. The Labute approximate surface area is 107 Å². The Kier molecular flexibility index (Phi) is 5.53. The Morgan fingerprint density at radius 2 is 1.71 bits per heavy atom. The van der Waals surface area contributed by atoms with Gasteiger partial charge in [-0.05, 0) is 36.2 Å². The van der Waals surface area contributed by atoms with E-state index in [9.17, 15) is 0 Å². The third kappa shape index (κ3) is 4.89. The van der Waals surface area contributed by atoms with Crippen molar-refractivity contribution in [2.75, 3.05) is 5.73 Å². The molecule has 0 radical (unpaired) electrons. The smallest absolute Gasteiger partial charge is 0.0436 e. The highest BCUT2D eigenvalue weighted by Crippen LogP contribution is 2.16. The molecule has 0 heterocycles. The molecule has 0 unspecified atom stereocenters. The van der Waals surface area contributed by atoms with Gasteiger partial charge >= 0.3 is 0 Å². The average Bonchev–Trinajstić information content (AvgIpc) is 2.36. The van der Waals surface area contributed by atoms with Crippen LogP contribution in [0.15, 0.2) is 48.5 Å². The normalized spacial score (nSPS) is 9.35. The van der Waals surface area contributed by atoms with Crippen molar-refractivity contribution in [1.82, 2.24) is 0 Å². The average molecular weight is 249 g/mol. The van der Waals surface area contributed by atoms with Gasteiger partial charge in [-0.1, -0.05) is 41.9 Å². The highest BCUT2D eigenvalue weighted by Gasteiger charge is 1.91. The van der Waals surface area contributed by atoms with Crippen LogP contribution in [0, 0.1) is 6.92 Å². The molecule has 0 saturated heterocycles. The minimum Gasteiger partial charge on any atom is -0.399 e. The second-order valence-corrected chi connectivity index (χ2v) is 4.11. The van der Waals surface area contributed by atoms with Crippen molar-refractivity contribution in [2.45, 2.75) is 13.5 Å². The van der Waals surface area contributed by atoms with Gasteiger partial charge in [0.15, 0.2) is 0 Å². The molecule has 0 aliphatic heterocycles. The van der Waals surface area contributed by atoms with Gasteiger partial charge in [0.25, 0.3) is 0 Å². The lowest BCUT2D eigenvalue weighted by molar-refractivity contribution is 1.07. The molecule has 3 heteroatoms. The van der Waals surface area contributed by atoms with Gasteiger partial charge in [-0.15, -0.1) is 0 Å². The molecule has 0 aromatic heterocycles. The first-order valence-corrected chi connectivity index (χ1v) is 5.77. The molecule has 0 aliphatic rings. The molecule has 90 valence electrons. The topological polar surface area (TPSA) is 52.0 Å². The second-order valence-electron chi connectivity index (χ2n) is 3.70. The molecule has 0 fully saturated rings. The largest absolute Gasteiger partial charge is 0.399 e. The fourth-order valence-corrected chi connectivity index (χ4v) is 1.40. The van der Waals surface area contributed by atoms with Gasteiger partial charge in [0.2, 0.25) is 0 Å². The predicted octanol–water partition coefficient (Wildman–Crippen LogP) is 3.38. The Hall–Kier alpha value is -1.51. The molecular weight excluding hydrogens is 232 g/mol. The quantitative estimate of drug-likeness (QED) is 0.761. The summed E-state index contributed by atoms with van der Waals surface area (Å²) in [6.45, 7) is 2.57. The second kappa shape index (κ2) is 6.94. The van der Waals surface area contributed by atoms with Crippen molar-refractivity contribution in [3.05, 3.63) is 64.7 Å². The molecule has 2 aromatic carbocycles. The monoisotopic (exact) mass is 248 g/mol. The number of halogens is 1. The summed E-state index contributed by atoms with van der Waals surface area (Å²) in [4.78, 5) is 0. The predicted molar refractivity (Wildman–Crippen MR) is 74.9 cm³/mol. The van der Waals surface area contributed by atoms with E-state index in [1.54, 1.807) is 12.1 Å². The lowest BCUT2D eigenvalue weighted by atomic mass is 10.2. The summed E-state index contributed by atoms with van der Waals surface area (Å²) in [6, 6.07) is 15.4. The molecule has 2 rings (SSSR count). The summed E-state index contributed by atoms with van der Waals surface area (Å²) in [5, 5.41) is 0.768. The maximum Gasteiger partial charge on any atom is 0.0436 e. The van der Waals surface area contributed by atoms with Crippen LogP contribution in [0.2, 0.25) is 5.02 Å². The number of hydrogen-bond acceptors (Lipinski definition) is 2. The van der Waals surface area contributed by atoms with Crippen molar-refractivity contribution < 1.29 is 0 Å². The van der Waals surface area contributed by atoms with E-state index in [1.165, 1.54) is 5.56 Å². The molecule has 0 saturated carbocycles. The summed E-state index contributed by atoms with van der Waals surface area (Å²) >= 11 is 5.73. The van der Waals surface area contributed by atoms with Gasteiger partial charge in [-0.2, -0.15) is 0 Å². The van der Waals surface area contributed by atoms with E-state index in [0.717, 1.165) is 16.3 Å². The first kappa shape index (κ1) is 13.6. The van der Waals surface area contributed by atoms with Crippen LogP contribution in [0.4, 0.5) is 5.69 Å². The van der Waals surface area contributed by atoms with Crippen molar-refractivity contribution >= 4 is 17.3 Å². The molecule has 2 aromatic rings. The van der Waals surface area contributed by atoms with Crippen LogP contribution in [0.3, 0.4) is 0 Å². The Balaban J connectivity index is 0.000000171. The summed E-state index contributed by atoms with van der Waals surface area (Å²) < 4.78 is 0. The summed E-state index contributed by atoms with van der Waals surface area (Å²) in [7, 11) is 0. The maximum absolute atomic E-state index is 5.73. The van der Waals surface area contributed by atoms with Crippen LogP contribution in [0.5, 0.6) is 0 Å². The molecule has 4 N–H and O–H groups in total. The number of anilines is 1. The van der Waals surface area contributed by atoms with E-state index < -0.39 is 0 Å². The minimum atomic E-state index is 0.640. The van der Waals surface area contributed by atoms with Crippen LogP contribution >= 0.6 is 11.6 Å². The molecule has 17 heavy (non-hydrogen) atoms. The molecular formula is C14H17ClN2. The fraction of sp³-hybridized carbons (Fsp3) is 0.143. The van der Waals surface area contributed by atoms with E-state index >= 15 is 0 Å². The molecule has 0 bridgehead atoms. The Morgan fingerprint density at radius 3 is 2.12 bits per heavy atom. The van der Waals surface area contributed by atoms with Crippen LogP contribution in [0.25, 0.3) is 0 Å². The number of rotatable bonds is 1. The van der Waals surface area contributed by atoms with Gasteiger partial charge in [0, 0.05) is 17.3 Å². The fourth-order valence-electron chi connectivity index (χ4n) is 1.28. The van der Waals surface area contributed by atoms with Gasteiger partial charge in [0.1, 0.15) is 0 Å². The maximum atomic E-state index is 5.73. The Bertz CT molecular complexity index is 455. The number of benzene rings is 2. The van der Waals surface area contributed by atoms with Crippen molar-refractivity contribution in [1.29, 1.82) is 0 Å². The van der Waals surface area contributed by atoms with Gasteiger partial charge in [0.05, 0.1) is 0 Å². The van der Waals surface area contributed by atoms with Crippen molar-refractivity contribution in [2.24, 2.45) is 5.73 Å². The molecule has 0 amide bonds. The zero-order valence-corrected chi connectivity index (χ0v) is 10.6. The third-order valence-corrected chi connectivity index (χ3v) is 2.68. The van der Waals surface area contributed by atoms with E-state index in [2.05, 4.69) is 0 Å².